The molecule has 27 heavy (non-hydrogen) atoms. The van der Waals surface area contributed by atoms with Crippen LogP contribution in [-0.2, 0) is 6.54 Å². The number of halogens is 2. The molecule has 0 atom stereocenters. The predicted molar refractivity (Wildman–Crippen MR) is 104 cm³/mol. The molecular weight excluding hydrogens is 367 g/mol. The Hall–Kier alpha value is -2.73. The van der Waals surface area contributed by atoms with Crippen LogP contribution in [-0.4, -0.2) is 27.9 Å². The molecule has 1 saturated heterocycles. The fourth-order valence-electron chi connectivity index (χ4n) is 3.01. The van der Waals surface area contributed by atoms with Gasteiger partial charge in [-0.1, -0.05) is 23.7 Å². The number of aromatic nitrogens is 3. The van der Waals surface area contributed by atoms with E-state index in [2.05, 4.69) is 10.1 Å². The van der Waals surface area contributed by atoms with E-state index >= 15 is 0 Å². The van der Waals surface area contributed by atoms with Crippen molar-refractivity contribution < 1.29 is 4.39 Å². The summed E-state index contributed by atoms with van der Waals surface area (Å²) in [6, 6.07) is 12.3. The number of pyridine rings is 1. The molecule has 0 radical (unpaired) electrons. The summed E-state index contributed by atoms with van der Waals surface area (Å²) in [5.41, 5.74) is 1.85. The Balaban J connectivity index is 1.70. The number of anilines is 1. The first-order chi connectivity index (χ1) is 13.0. The van der Waals surface area contributed by atoms with Gasteiger partial charge in [0.2, 0.25) is 5.95 Å². The molecule has 0 saturated carbocycles. The lowest BCUT2D eigenvalue weighted by Gasteiger charge is -2.32. The van der Waals surface area contributed by atoms with Crippen molar-refractivity contribution in [3.05, 3.63) is 74.9 Å². The van der Waals surface area contributed by atoms with Crippen LogP contribution in [0, 0.1) is 12.9 Å². The summed E-state index contributed by atoms with van der Waals surface area (Å²) in [6.45, 7) is 3.78. The van der Waals surface area contributed by atoms with Gasteiger partial charge in [0.15, 0.2) is 0 Å². The van der Waals surface area contributed by atoms with Crippen LogP contribution in [0.2, 0.25) is 5.02 Å². The van der Waals surface area contributed by atoms with Gasteiger partial charge in [0.25, 0.3) is 5.56 Å². The Morgan fingerprint density at radius 3 is 2.52 bits per heavy atom. The summed E-state index contributed by atoms with van der Waals surface area (Å²) in [4.78, 5) is 18.5. The van der Waals surface area contributed by atoms with Crippen LogP contribution in [0.4, 0.5) is 10.2 Å². The zero-order chi connectivity index (χ0) is 19.0. The van der Waals surface area contributed by atoms with Crippen molar-refractivity contribution in [2.45, 2.75) is 19.9 Å². The lowest BCUT2D eigenvalue weighted by Crippen LogP contribution is -2.37. The highest BCUT2D eigenvalue weighted by molar-refractivity contribution is 6.30. The Labute approximate surface area is 161 Å². The number of hydrogen-bond donors (Lipinski definition) is 0. The first-order valence-electron chi connectivity index (χ1n) is 8.76. The highest BCUT2D eigenvalue weighted by Gasteiger charge is 2.19. The zero-order valence-corrected chi connectivity index (χ0v) is 15.6. The molecule has 0 N–H and O–H groups in total. The molecule has 1 fully saturated rings. The van der Waals surface area contributed by atoms with Crippen LogP contribution in [0.15, 0.2) is 47.3 Å². The van der Waals surface area contributed by atoms with E-state index in [1.54, 1.807) is 37.3 Å². The van der Waals surface area contributed by atoms with Crippen LogP contribution in [0.5, 0.6) is 0 Å². The van der Waals surface area contributed by atoms with Crippen molar-refractivity contribution in [2.75, 3.05) is 18.0 Å². The third-order valence-electron chi connectivity index (χ3n) is 4.69. The minimum Gasteiger partial charge on any atom is -0.356 e. The molecule has 0 amide bonds. The Kier molecular flexibility index (Phi) is 4.66. The molecule has 0 spiro atoms. The minimum atomic E-state index is -0.581. The van der Waals surface area contributed by atoms with Crippen LogP contribution in [0.25, 0.3) is 11.3 Å². The van der Waals surface area contributed by atoms with Crippen molar-refractivity contribution in [1.82, 2.24) is 14.8 Å². The molecule has 1 aliphatic rings. The van der Waals surface area contributed by atoms with E-state index in [9.17, 15) is 9.18 Å². The van der Waals surface area contributed by atoms with E-state index in [1.165, 1.54) is 4.68 Å². The highest BCUT2D eigenvalue weighted by atomic mass is 35.5. The molecule has 0 unspecified atom stereocenters. The summed E-state index contributed by atoms with van der Waals surface area (Å²) in [6.07, 6.45) is 1.10. The first kappa shape index (κ1) is 17.7. The second kappa shape index (κ2) is 7.12. The average Bonchev–Trinajstić information content (AvgIpc) is 2.59. The second-order valence-electron chi connectivity index (χ2n) is 6.65. The van der Waals surface area contributed by atoms with Crippen LogP contribution < -0.4 is 10.5 Å². The molecule has 0 aliphatic carbocycles. The SMILES string of the molecule is Cc1cc(-c2ccc(N3CCC3)nc2F)nn(Cc2ccc(Cl)cc2)c1=O. The molecule has 3 heterocycles. The minimum absolute atomic E-state index is 0.209. The van der Waals surface area contributed by atoms with E-state index in [1.807, 2.05) is 17.0 Å². The number of benzene rings is 1. The molecule has 0 bridgehead atoms. The van der Waals surface area contributed by atoms with Gasteiger partial charge in [-0.2, -0.15) is 9.49 Å². The van der Waals surface area contributed by atoms with Gasteiger partial charge in [-0.05, 0) is 49.2 Å². The molecule has 7 heteroatoms. The van der Waals surface area contributed by atoms with E-state index in [0.29, 0.717) is 22.1 Å². The molecule has 3 aromatic rings. The lowest BCUT2D eigenvalue weighted by atomic mass is 10.1. The number of aryl methyl sites for hydroxylation is 1. The van der Waals surface area contributed by atoms with Gasteiger partial charge in [-0.3, -0.25) is 4.79 Å². The Morgan fingerprint density at radius 2 is 1.89 bits per heavy atom. The van der Waals surface area contributed by atoms with E-state index in [4.69, 9.17) is 11.6 Å². The summed E-state index contributed by atoms with van der Waals surface area (Å²) in [7, 11) is 0. The quantitative estimate of drug-likeness (QED) is 0.644. The molecule has 5 nitrogen and oxygen atoms in total. The summed E-state index contributed by atoms with van der Waals surface area (Å²) < 4.78 is 16.0. The van der Waals surface area contributed by atoms with Crippen LogP contribution >= 0.6 is 11.6 Å². The molecule has 4 rings (SSSR count). The topological polar surface area (TPSA) is 51.0 Å². The number of hydrogen-bond acceptors (Lipinski definition) is 4. The second-order valence-corrected chi connectivity index (χ2v) is 7.09. The standard InChI is InChI=1S/C20H18ClFN4O/c1-13-11-17(16-7-8-18(23-19(16)22)25-9-2-10-25)24-26(20(13)27)12-14-3-5-15(21)6-4-14/h3-8,11H,2,9-10,12H2,1H3. The van der Waals surface area contributed by atoms with E-state index < -0.39 is 5.95 Å². The fraction of sp³-hybridized carbons (Fsp3) is 0.250. The lowest BCUT2D eigenvalue weighted by molar-refractivity contribution is 0.563. The van der Waals surface area contributed by atoms with E-state index in [-0.39, 0.29) is 17.7 Å². The number of rotatable bonds is 4. The van der Waals surface area contributed by atoms with Gasteiger partial charge in [0, 0.05) is 23.7 Å². The maximum absolute atomic E-state index is 14.6. The Morgan fingerprint density at radius 1 is 1.15 bits per heavy atom. The van der Waals surface area contributed by atoms with Crippen LogP contribution in [0.1, 0.15) is 17.5 Å². The molecular formula is C20H18ClFN4O. The van der Waals surface area contributed by atoms with Gasteiger partial charge < -0.3 is 4.90 Å². The largest absolute Gasteiger partial charge is 0.356 e. The van der Waals surface area contributed by atoms with Gasteiger partial charge in [-0.25, -0.2) is 9.67 Å². The van der Waals surface area contributed by atoms with Gasteiger partial charge in [0.05, 0.1) is 17.8 Å². The Bertz CT molecular complexity index is 1040. The van der Waals surface area contributed by atoms with Gasteiger partial charge in [-0.15, -0.1) is 0 Å². The van der Waals surface area contributed by atoms with Crippen molar-refractivity contribution in [1.29, 1.82) is 0 Å². The smallest absolute Gasteiger partial charge is 0.270 e. The van der Waals surface area contributed by atoms with Crippen molar-refractivity contribution in [3.8, 4) is 11.3 Å². The van der Waals surface area contributed by atoms with E-state index in [0.717, 1.165) is 25.1 Å². The summed E-state index contributed by atoms with van der Waals surface area (Å²) in [5.74, 6) is 0.0525. The third-order valence-corrected chi connectivity index (χ3v) is 4.94. The predicted octanol–water partition coefficient (Wildman–Crippen LogP) is 3.66. The maximum Gasteiger partial charge on any atom is 0.270 e. The summed E-state index contributed by atoms with van der Waals surface area (Å²) in [5, 5.41) is 4.99. The first-order valence-corrected chi connectivity index (χ1v) is 9.14. The van der Waals surface area contributed by atoms with Gasteiger partial charge in [0.1, 0.15) is 5.82 Å². The van der Waals surface area contributed by atoms with Crippen molar-refractivity contribution in [2.24, 2.45) is 0 Å². The molecule has 1 aliphatic heterocycles. The van der Waals surface area contributed by atoms with Crippen molar-refractivity contribution in [3.63, 3.8) is 0 Å². The van der Waals surface area contributed by atoms with Gasteiger partial charge >= 0.3 is 0 Å². The third kappa shape index (κ3) is 3.57. The van der Waals surface area contributed by atoms with Crippen LogP contribution in [0.3, 0.4) is 0 Å². The molecule has 2 aromatic heterocycles. The maximum atomic E-state index is 14.6. The summed E-state index contributed by atoms with van der Waals surface area (Å²) >= 11 is 5.91. The fourth-order valence-corrected chi connectivity index (χ4v) is 3.14. The molecule has 138 valence electrons. The van der Waals surface area contributed by atoms with Crippen molar-refractivity contribution >= 4 is 17.4 Å². The normalized spacial score (nSPS) is 13.5. The molecule has 1 aromatic carbocycles. The number of nitrogens with zero attached hydrogens (tertiary/aromatic N) is 4. The zero-order valence-electron chi connectivity index (χ0n) is 14.8. The average molecular weight is 385 g/mol. The monoisotopic (exact) mass is 384 g/mol. The highest BCUT2D eigenvalue weighted by Crippen LogP contribution is 2.25.